The molecule has 3 aliphatic rings. The third kappa shape index (κ3) is 2.41. The van der Waals surface area contributed by atoms with E-state index in [1.807, 2.05) is 0 Å². The van der Waals surface area contributed by atoms with E-state index in [1.54, 1.807) is 0 Å². The minimum absolute atomic E-state index is 0.0576. The highest BCUT2D eigenvalue weighted by Crippen LogP contribution is 2.44. The van der Waals surface area contributed by atoms with E-state index in [0.717, 1.165) is 28.6 Å². The highest BCUT2D eigenvalue weighted by Gasteiger charge is 2.43. The van der Waals surface area contributed by atoms with Crippen LogP contribution in [0.5, 0.6) is 0 Å². The molecular formula is C13H16I2O3. The third-order valence-corrected chi connectivity index (χ3v) is 6.38. The Morgan fingerprint density at radius 3 is 2.72 bits per heavy atom. The first-order valence-electron chi connectivity index (χ1n) is 6.48. The fourth-order valence-corrected chi connectivity index (χ4v) is 4.79. The van der Waals surface area contributed by atoms with Crippen LogP contribution in [0, 0.1) is 5.92 Å². The number of halogens is 2. The van der Waals surface area contributed by atoms with Crippen molar-refractivity contribution in [3.05, 3.63) is 11.3 Å². The van der Waals surface area contributed by atoms with Crippen LogP contribution in [0.3, 0.4) is 0 Å². The molecule has 0 bridgehead atoms. The zero-order chi connectivity index (χ0) is 12.7. The summed E-state index contributed by atoms with van der Waals surface area (Å²) >= 11 is 4.77. The van der Waals surface area contributed by atoms with Crippen LogP contribution >= 0.6 is 45.2 Å². The lowest BCUT2D eigenvalue weighted by Gasteiger charge is -2.28. The van der Waals surface area contributed by atoms with Gasteiger partial charge in [0.15, 0.2) is 0 Å². The Bertz CT molecular complexity index is 394. The summed E-state index contributed by atoms with van der Waals surface area (Å²) in [5, 5.41) is 0. The number of cyclic esters (lactones) is 1. The van der Waals surface area contributed by atoms with Crippen LogP contribution in [-0.4, -0.2) is 26.5 Å². The maximum atomic E-state index is 11.9. The van der Waals surface area contributed by atoms with E-state index in [-0.39, 0.29) is 12.1 Å². The summed E-state index contributed by atoms with van der Waals surface area (Å²) < 4.78 is 12.9. The van der Waals surface area contributed by atoms with Gasteiger partial charge in [-0.2, -0.15) is 0 Å². The monoisotopic (exact) mass is 474 g/mol. The van der Waals surface area contributed by atoms with Gasteiger partial charge in [-0.1, -0.05) is 51.6 Å². The maximum absolute atomic E-state index is 11.9. The molecule has 4 atom stereocenters. The van der Waals surface area contributed by atoms with Crippen LogP contribution in [0.2, 0.25) is 0 Å². The van der Waals surface area contributed by atoms with Crippen LogP contribution in [-0.2, 0) is 14.3 Å². The zero-order valence-corrected chi connectivity index (χ0v) is 14.3. The fourth-order valence-electron chi connectivity index (χ4n) is 3.12. The van der Waals surface area contributed by atoms with Gasteiger partial charge in [0.1, 0.15) is 18.0 Å². The van der Waals surface area contributed by atoms with Crippen LogP contribution < -0.4 is 0 Å². The highest BCUT2D eigenvalue weighted by molar-refractivity contribution is 14.1. The number of carbonyl (C=O) groups excluding carboxylic acids is 1. The molecule has 3 fully saturated rings. The van der Waals surface area contributed by atoms with Gasteiger partial charge in [-0.3, -0.25) is 0 Å². The van der Waals surface area contributed by atoms with E-state index >= 15 is 0 Å². The van der Waals surface area contributed by atoms with E-state index < -0.39 is 0 Å². The van der Waals surface area contributed by atoms with Gasteiger partial charge in [0.2, 0.25) is 0 Å². The summed E-state index contributed by atoms with van der Waals surface area (Å²) in [5.41, 5.74) is 0.815. The molecule has 2 aliphatic heterocycles. The number of carbonyl (C=O) groups is 1. The van der Waals surface area contributed by atoms with Gasteiger partial charge in [0.25, 0.3) is 0 Å². The van der Waals surface area contributed by atoms with Crippen molar-refractivity contribution in [3.8, 4) is 0 Å². The van der Waals surface area contributed by atoms with Crippen LogP contribution in [0.4, 0.5) is 0 Å². The molecule has 0 spiro atoms. The Hall–Kier alpha value is 0.470. The largest absolute Gasteiger partial charge is 0.493 e. The van der Waals surface area contributed by atoms with Crippen molar-refractivity contribution in [2.75, 3.05) is 4.43 Å². The summed E-state index contributed by atoms with van der Waals surface area (Å²) in [6.45, 7) is 0. The molecule has 0 radical (unpaired) electrons. The van der Waals surface area contributed by atoms with Crippen LogP contribution in [0.15, 0.2) is 11.3 Å². The van der Waals surface area contributed by atoms with Gasteiger partial charge >= 0.3 is 5.97 Å². The van der Waals surface area contributed by atoms with E-state index in [2.05, 4.69) is 45.2 Å². The molecule has 1 saturated carbocycles. The predicted octanol–water partition coefficient (Wildman–Crippen LogP) is 3.38. The molecule has 0 aromatic heterocycles. The lowest BCUT2D eigenvalue weighted by Crippen LogP contribution is -2.30. The van der Waals surface area contributed by atoms with Crippen molar-refractivity contribution in [2.45, 2.75) is 48.2 Å². The lowest BCUT2D eigenvalue weighted by atomic mass is 9.85. The molecule has 18 heavy (non-hydrogen) atoms. The second kappa shape index (κ2) is 5.46. The molecule has 3 rings (SSSR count). The Morgan fingerprint density at radius 1 is 1.22 bits per heavy atom. The molecule has 0 amide bonds. The van der Waals surface area contributed by atoms with Crippen molar-refractivity contribution >= 4 is 51.2 Å². The van der Waals surface area contributed by atoms with Crippen molar-refractivity contribution in [1.82, 2.24) is 0 Å². The first-order chi connectivity index (χ1) is 8.69. The van der Waals surface area contributed by atoms with Gasteiger partial charge in [-0.25, -0.2) is 4.79 Å². The molecule has 100 valence electrons. The molecule has 1 aliphatic carbocycles. The molecule has 2 saturated heterocycles. The molecule has 5 heteroatoms. The zero-order valence-electron chi connectivity index (χ0n) is 10.0. The number of esters is 1. The minimum atomic E-state index is -0.143. The molecular weight excluding hydrogens is 458 g/mol. The van der Waals surface area contributed by atoms with E-state index in [0.29, 0.717) is 15.9 Å². The topological polar surface area (TPSA) is 35.5 Å². The van der Waals surface area contributed by atoms with Crippen molar-refractivity contribution in [1.29, 1.82) is 0 Å². The summed E-state index contributed by atoms with van der Waals surface area (Å²) in [5.74, 6) is 1.41. The predicted molar refractivity (Wildman–Crippen MR) is 85.0 cm³/mol. The summed E-state index contributed by atoms with van der Waals surface area (Å²) in [4.78, 5) is 11.9. The lowest BCUT2D eigenvalue weighted by molar-refractivity contribution is -0.138. The molecule has 2 heterocycles. The molecule has 3 nitrogen and oxygen atoms in total. The molecule has 4 unspecified atom stereocenters. The number of hydrogen-bond donors (Lipinski definition) is 0. The number of allylic oxidation sites excluding steroid dienone is 1. The van der Waals surface area contributed by atoms with Gasteiger partial charge in [0.05, 0.1) is 5.57 Å². The van der Waals surface area contributed by atoms with E-state index in [1.165, 1.54) is 19.3 Å². The van der Waals surface area contributed by atoms with Crippen molar-refractivity contribution in [2.24, 2.45) is 5.92 Å². The van der Waals surface area contributed by atoms with Gasteiger partial charge in [-0.05, 0) is 12.8 Å². The second-order valence-electron chi connectivity index (χ2n) is 5.28. The Kier molecular flexibility index (Phi) is 4.08. The first-order valence-corrected chi connectivity index (χ1v) is 9.26. The first kappa shape index (κ1) is 13.5. The van der Waals surface area contributed by atoms with Crippen molar-refractivity contribution < 1.29 is 14.3 Å². The second-order valence-corrected chi connectivity index (χ2v) is 7.76. The highest BCUT2D eigenvalue weighted by atomic mass is 127. The number of hydrogen-bond acceptors (Lipinski definition) is 3. The number of fused-ring (bicyclic) bond motifs is 1. The maximum Gasteiger partial charge on any atom is 0.337 e. The average molecular weight is 474 g/mol. The summed E-state index contributed by atoms with van der Waals surface area (Å²) in [7, 11) is 0. The Labute approximate surface area is 134 Å². The van der Waals surface area contributed by atoms with Gasteiger partial charge in [0, 0.05) is 27.1 Å². The number of ether oxygens (including phenoxy) is 2. The molecule has 0 aromatic carbocycles. The third-order valence-electron chi connectivity index (χ3n) is 4.06. The standard InChI is InChI=1S/C13H16I2O3/c14-6-8-5-9(13(16)17-8)11-4-7-2-1-3-10(15)12(7)18-11/h7-8,10,12H,1-6H2/b11-9-. The fraction of sp³-hybridized carbons (Fsp3) is 0.769. The normalized spacial score (nSPS) is 43.6. The summed E-state index contributed by atoms with van der Waals surface area (Å²) in [6.07, 6.45) is 5.85. The smallest absolute Gasteiger partial charge is 0.337 e. The Morgan fingerprint density at radius 2 is 2.06 bits per heavy atom. The van der Waals surface area contributed by atoms with Gasteiger partial charge < -0.3 is 9.47 Å². The summed E-state index contributed by atoms with van der Waals surface area (Å²) in [6, 6.07) is 0. The van der Waals surface area contributed by atoms with E-state index in [9.17, 15) is 4.79 Å². The number of rotatable bonds is 1. The SMILES string of the molecule is O=C1OC(CI)C/C1=C1\CC2CCCC(I)C2O1. The Balaban J connectivity index is 1.80. The van der Waals surface area contributed by atoms with Crippen LogP contribution in [0.1, 0.15) is 32.1 Å². The molecule has 0 N–H and O–H groups in total. The van der Waals surface area contributed by atoms with Crippen LogP contribution in [0.25, 0.3) is 0 Å². The average Bonchev–Trinajstić information content (AvgIpc) is 2.93. The number of alkyl halides is 2. The van der Waals surface area contributed by atoms with Crippen molar-refractivity contribution in [3.63, 3.8) is 0 Å². The minimum Gasteiger partial charge on any atom is -0.493 e. The quantitative estimate of drug-likeness (QED) is 0.253. The van der Waals surface area contributed by atoms with E-state index in [4.69, 9.17) is 9.47 Å². The molecule has 0 aromatic rings. The van der Waals surface area contributed by atoms with Gasteiger partial charge in [-0.15, -0.1) is 0 Å².